The van der Waals surface area contributed by atoms with Crippen LogP contribution in [0.25, 0.3) is 22.5 Å². The van der Waals surface area contributed by atoms with Gasteiger partial charge in [0.05, 0.1) is 42.0 Å². The summed E-state index contributed by atoms with van der Waals surface area (Å²) in [5, 5.41) is 25.0. The molecule has 11 nitrogen and oxygen atoms in total. The summed E-state index contributed by atoms with van der Waals surface area (Å²) < 4.78 is 17.9. The molecule has 184 valence electrons. The fourth-order valence-corrected chi connectivity index (χ4v) is 4.41. The maximum atomic E-state index is 13.2. The molecule has 0 bridgehead atoms. The zero-order chi connectivity index (χ0) is 25.5. The molecule has 1 amide bonds. The third-order valence-corrected chi connectivity index (χ3v) is 6.41. The van der Waals surface area contributed by atoms with E-state index in [9.17, 15) is 14.4 Å². The number of halogens is 1. The third kappa shape index (κ3) is 4.16. The number of aromatic nitrogens is 7. The molecule has 6 rings (SSSR count). The van der Waals surface area contributed by atoms with Gasteiger partial charge in [-0.05, 0) is 17.7 Å². The Hall–Kier alpha value is -5.05. The van der Waals surface area contributed by atoms with Crippen LogP contribution in [-0.2, 0) is 18.4 Å². The molecule has 1 saturated heterocycles. The van der Waals surface area contributed by atoms with Crippen LogP contribution < -0.4 is 10.2 Å². The second-order valence-corrected chi connectivity index (χ2v) is 8.93. The number of carbonyl (C=O) groups is 1. The Morgan fingerprint density at radius 1 is 1.11 bits per heavy atom. The van der Waals surface area contributed by atoms with Crippen LogP contribution in [0, 0.1) is 23.1 Å². The number of anilines is 1. The fraction of sp³-hybridized carbons (Fsp3) is 0.200. The number of pyridine rings is 2. The molecule has 5 aromatic heterocycles. The summed E-state index contributed by atoms with van der Waals surface area (Å²) >= 11 is 0. The predicted octanol–water partition coefficient (Wildman–Crippen LogP) is 2.08. The average molecular weight is 497 g/mol. The fourth-order valence-electron chi connectivity index (χ4n) is 4.41. The van der Waals surface area contributed by atoms with Gasteiger partial charge in [0, 0.05) is 56.4 Å². The van der Waals surface area contributed by atoms with Crippen LogP contribution in [-0.4, -0.2) is 53.2 Å². The first kappa shape index (κ1) is 22.4. The lowest BCUT2D eigenvalue weighted by Crippen LogP contribution is -2.53. The molecule has 1 aliphatic heterocycles. The molecule has 1 N–H and O–H groups in total. The van der Waals surface area contributed by atoms with Gasteiger partial charge in [-0.3, -0.25) is 9.48 Å². The van der Waals surface area contributed by atoms with Crippen molar-refractivity contribution in [1.29, 1.82) is 5.26 Å². The van der Waals surface area contributed by atoms with Crippen molar-refractivity contribution in [2.45, 2.75) is 6.54 Å². The molecule has 0 aromatic carbocycles. The summed E-state index contributed by atoms with van der Waals surface area (Å²) in [5.74, 6) is -0.183. The van der Waals surface area contributed by atoms with Crippen molar-refractivity contribution in [2.75, 3.05) is 18.0 Å². The van der Waals surface area contributed by atoms with E-state index in [-0.39, 0.29) is 11.8 Å². The van der Waals surface area contributed by atoms with E-state index in [4.69, 9.17) is 0 Å². The number of hydrogen-bond acceptors (Lipinski definition) is 7. The molecule has 0 unspecified atom stereocenters. The van der Waals surface area contributed by atoms with Crippen LogP contribution in [0.5, 0.6) is 0 Å². The second kappa shape index (κ2) is 8.87. The highest BCUT2D eigenvalue weighted by atomic mass is 19.1. The lowest BCUT2D eigenvalue weighted by molar-refractivity contribution is -0.125. The van der Waals surface area contributed by atoms with E-state index in [1.807, 2.05) is 31.6 Å². The topological polar surface area (TPSA) is 122 Å². The first-order chi connectivity index (χ1) is 18.0. The van der Waals surface area contributed by atoms with E-state index >= 15 is 0 Å². The number of rotatable bonds is 6. The lowest BCUT2D eigenvalue weighted by atomic mass is 9.97. The molecule has 0 saturated carbocycles. The Morgan fingerprint density at radius 3 is 2.65 bits per heavy atom. The normalized spacial score (nSPS) is 13.5. The minimum atomic E-state index is -0.436. The van der Waals surface area contributed by atoms with Gasteiger partial charge in [-0.15, -0.1) is 0 Å². The number of nitriles is 1. The summed E-state index contributed by atoms with van der Waals surface area (Å²) in [5.41, 5.74) is 4.74. The van der Waals surface area contributed by atoms with Gasteiger partial charge in [0.1, 0.15) is 11.6 Å². The molecular formula is C25H21FN10O. The van der Waals surface area contributed by atoms with Gasteiger partial charge in [0.25, 0.3) is 0 Å². The van der Waals surface area contributed by atoms with Crippen molar-refractivity contribution in [1.82, 2.24) is 39.5 Å². The number of carbonyl (C=O) groups excluding carboxylic acids is 1. The third-order valence-electron chi connectivity index (χ3n) is 6.41. The Labute approximate surface area is 210 Å². The number of fused-ring (bicyclic) bond motifs is 1. The summed E-state index contributed by atoms with van der Waals surface area (Å²) in [6, 6.07) is 7.76. The molecule has 0 spiro atoms. The van der Waals surface area contributed by atoms with Gasteiger partial charge >= 0.3 is 0 Å². The molecule has 1 fully saturated rings. The van der Waals surface area contributed by atoms with E-state index in [1.165, 1.54) is 10.9 Å². The van der Waals surface area contributed by atoms with Crippen LogP contribution in [0.1, 0.15) is 11.1 Å². The van der Waals surface area contributed by atoms with Gasteiger partial charge in [-0.1, -0.05) is 6.07 Å². The predicted molar refractivity (Wildman–Crippen MR) is 131 cm³/mol. The second-order valence-electron chi connectivity index (χ2n) is 8.93. The van der Waals surface area contributed by atoms with Crippen molar-refractivity contribution < 1.29 is 9.18 Å². The first-order valence-corrected chi connectivity index (χ1v) is 11.6. The number of hydrogen-bond donors (Lipinski definition) is 1. The number of nitrogens with zero attached hydrogens (tertiary/aromatic N) is 9. The van der Waals surface area contributed by atoms with Gasteiger partial charge < -0.3 is 10.2 Å². The van der Waals surface area contributed by atoms with Crippen molar-refractivity contribution in [3.63, 3.8) is 0 Å². The van der Waals surface area contributed by atoms with Crippen LogP contribution in [0.15, 0.2) is 61.6 Å². The van der Waals surface area contributed by atoms with E-state index in [1.54, 1.807) is 33.9 Å². The first-order valence-electron chi connectivity index (χ1n) is 11.6. The minimum Gasteiger partial charge on any atom is -0.368 e. The molecule has 37 heavy (non-hydrogen) atoms. The Kier molecular flexibility index (Phi) is 5.37. The van der Waals surface area contributed by atoms with Gasteiger partial charge in [-0.25, -0.2) is 18.6 Å². The summed E-state index contributed by atoms with van der Waals surface area (Å²) in [6.07, 6.45) is 11.1. The zero-order valence-electron chi connectivity index (χ0n) is 19.8. The maximum Gasteiger partial charge on any atom is 0.226 e. The van der Waals surface area contributed by atoms with E-state index in [2.05, 4.69) is 36.6 Å². The molecule has 5 aromatic rings. The molecule has 1 aliphatic rings. The Morgan fingerprint density at radius 2 is 1.97 bits per heavy atom. The summed E-state index contributed by atoms with van der Waals surface area (Å²) in [7, 11) is 1.86. The van der Waals surface area contributed by atoms with E-state index in [0.29, 0.717) is 31.0 Å². The lowest BCUT2D eigenvalue weighted by Gasteiger charge is -2.40. The minimum absolute atomic E-state index is 0.0528. The number of amides is 1. The monoisotopic (exact) mass is 496 g/mol. The smallest absolute Gasteiger partial charge is 0.226 e. The van der Waals surface area contributed by atoms with Crippen LogP contribution in [0.4, 0.5) is 10.1 Å². The standard InChI is InChI=1S/C25H21FN10O/c1-33-11-19(9-30-33)17-4-22(24-18(5-27)8-31-36(24)14-17)34-12-20(13-34)25(37)29-7-16-2-3-23(28-6-16)35-15-21(26)10-32-35/h2-4,6,8-11,14-15,20H,7,12-13H2,1H3,(H,29,37). The molecule has 12 heteroatoms. The molecule has 0 radical (unpaired) electrons. The molecule has 0 atom stereocenters. The molecule has 0 aliphatic carbocycles. The van der Waals surface area contributed by atoms with Crippen molar-refractivity contribution in [2.24, 2.45) is 13.0 Å². The SMILES string of the molecule is Cn1cc(-c2cc(N3CC(C(=O)NCc4ccc(-n5cc(F)cn5)nc4)C3)c3c(C#N)cnn3c2)cn1. The van der Waals surface area contributed by atoms with Gasteiger partial charge in [0.15, 0.2) is 11.6 Å². The highest BCUT2D eigenvalue weighted by molar-refractivity contribution is 5.87. The maximum absolute atomic E-state index is 13.2. The Bertz CT molecular complexity index is 1650. The quantitative estimate of drug-likeness (QED) is 0.382. The van der Waals surface area contributed by atoms with Crippen molar-refractivity contribution >= 4 is 17.1 Å². The van der Waals surface area contributed by atoms with E-state index < -0.39 is 5.82 Å². The van der Waals surface area contributed by atoms with E-state index in [0.717, 1.165) is 34.1 Å². The molecule has 6 heterocycles. The van der Waals surface area contributed by atoms with Crippen LogP contribution >= 0.6 is 0 Å². The summed E-state index contributed by atoms with van der Waals surface area (Å²) in [4.78, 5) is 19.2. The van der Waals surface area contributed by atoms with Crippen LogP contribution in [0.2, 0.25) is 0 Å². The highest BCUT2D eigenvalue weighted by Crippen LogP contribution is 2.34. The number of nitrogens with one attached hydrogen (secondary N) is 1. The van der Waals surface area contributed by atoms with Crippen LogP contribution in [0.3, 0.4) is 0 Å². The number of aryl methyl sites for hydroxylation is 1. The zero-order valence-corrected chi connectivity index (χ0v) is 19.8. The Balaban J connectivity index is 1.13. The van der Waals surface area contributed by atoms with Crippen molar-refractivity contribution in [3.8, 4) is 23.0 Å². The molecular weight excluding hydrogens is 475 g/mol. The average Bonchev–Trinajstić information content (AvgIpc) is 3.61. The van der Waals surface area contributed by atoms with Crippen molar-refractivity contribution in [3.05, 3.63) is 78.5 Å². The highest BCUT2D eigenvalue weighted by Gasteiger charge is 2.34. The largest absolute Gasteiger partial charge is 0.368 e. The van der Waals surface area contributed by atoms with Gasteiger partial charge in [-0.2, -0.15) is 20.6 Å². The van der Waals surface area contributed by atoms with Gasteiger partial charge in [0.2, 0.25) is 5.91 Å². The summed E-state index contributed by atoms with van der Waals surface area (Å²) in [6.45, 7) is 1.38.